The van der Waals surface area contributed by atoms with E-state index in [1.54, 1.807) is 60.7 Å². The molecule has 7 heteroatoms. The number of hydrogen-bond donors (Lipinski definition) is 1. The number of carbonyl (C=O) groups excluding carboxylic acids is 1. The summed E-state index contributed by atoms with van der Waals surface area (Å²) >= 11 is 5.92. The van der Waals surface area contributed by atoms with Crippen LogP contribution < -0.4 is 9.62 Å². The van der Waals surface area contributed by atoms with E-state index in [9.17, 15) is 13.2 Å². The molecule has 4 aromatic carbocycles. The van der Waals surface area contributed by atoms with Crippen molar-refractivity contribution in [3.63, 3.8) is 0 Å². The van der Waals surface area contributed by atoms with Crippen molar-refractivity contribution < 1.29 is 13.2 Å². The molecular formula is C26H23ClN2O3S. The van der Waals surface area contributed by atoms with Crippen LogP contribution in [0.15, 0.2) is 89.8 Å². The summed E-state index contributed by atoms with van der Waals surface area (Å²) in [5.41, 5.74) is 2.73. The molecule has 0 atom stereocenters. The first-order valence-corrected chi connectivity index (χ1v) is 12.2. The Morgan fingerprint density at radius 1 is 0.879 bits per heavy atom. The molecule has 0 bridgehead atoms. The summed E-state index contributed by atoms with van der Waals surface area (Å²) in [6.45, 7) is 3.39. The molecule has 0 aliphatic carbocycles. The van der Waals surface area contributed by atoms with Crippen molar-refractivity contribution >= 4 is 49.7 Å². The lowest BCUT2D eigenvalue weighted by Gasteiger charge is -2.27. The van der Waals surface area contributed by atoms with E-state index in [4.69, 9.17) is 11.6 Å². The summed E-state index contributed by atoms with van der Waals surface area (Å²) in [5.74, 6) is -0.456. The van der Waals surface area contributed by atoms with Crippen molar-refractivity contribution in [3.05, 3.63) is 101 Å². The molecule has 4 aromatic rings. The number of hydrogen-bond acceptors (Lipinski definition) is 3. The highest BCUT2D eigenvalue weighted by molar-refractivity contribution is 7.93. The van der Waals surface area contributed by atoms with Crippen LogP contribution >= 0.6 is 11.6 Å². The third-order valence-corrected chi connectivity index (χ3v) is 7.65. The van der Waals surface area contributed by atoms with Crippen LogP contribution in [0.1, 0.15) is 11.1 Å². The second kappa shape index (κ2) is 9.25. The van der Waals surface area contributed by atoms with Crippen molar-refractivity contribution in [2.45, 2.75) is 18.7 Å². The van der Waals surface area contributed by atoms with E-state index in [1.165, 1.54) is 4.31 Å². The number of fused-ring (bicyclic) bond motifs is 1. The second-order valence-corrected chi connectivity index (χ2v) is 10.0. The molecule has 1 amide bonds. The Morgan fingerprint density at radius 3 is 2.30 bits per heavy atom. The number of aryl methyl sites for hydroxylation is 1. The van der Waals surface area contributed by atoms with Gasteiger partial charge in [-0.15, -0.1) is 0 Å². The quantitative estimate of drug-likeness (QED) is 0.372. The molecule has 5 nitrogen and oxygen atoms in total. The lowest BCUT2D eigenvalue weighted by atomic mass is 10.1. The van der Waals surface area contributed by atoms with E-state index in [0.717, 1.165) is 16.5 Å². The van der Waals surface area contributed by atoms with Gasteiger partial charge in [-0.3, -0.25) is 9.10 Å². The Balaban J connectivity index is 1.79. The highest BCUT2D eigenvalue weighted by Crippen LogP contribution is 2.32. The fourth-order valence-corrected chi connectivity index (χ4v) is 5.53. The summed E-state index contributed by atoms with van der Waals surface area (Å²) in [4.78, 5) is 13.1. The Hall–Kier alpha value is -3.35. The van der Waals surface area contributed by atoms with Crippen molar-refractivity contribution in [3.8, 4) is 0 Å². The van der Waals surface area contributed by atoms with E-state index in [-0.39, 0.29) is 11.4 Å². The van der Waals surface area contributed by atoms with Crippen LogP contribution in [-0.2, 0) is 14.8 Å². The molecule has 168 valence electrons. The number of benzene rings is 4. The maximum atomic E-state index is 14.0. The van der Waals surface area contributed by atoms with Gasteiger partial charge in [-0.05, 0) is 66.8 Å². The predicted molar refractivity (Wildman–Crippen MR) is 134 cm³/mol. The van der Waals surface area contributed by atoms with Crippen molar-refractivity contribution in [2.75, 3.05) is 16.2 Å². The highest BCUT2D eigenvalue weighted by atomic mass is 35.5. The predicted octanol–water partition coefficient (Wildman–Crippen LogP) is 5.94. The number of anilines is 2. The van der Waals surface area contributed by atoms with Gasteiger partial charge in [0.2, 0.25) is 5.91 Å². The van der Waals surface area contributed by atoms with Crippen LogP contribution in [0.3, 0.4) is 0 Å². The molecule has 1 N–H and O–H groups in total. The average Bonchev–Trinajstić information content (AvgIpc) is 2.80. The Labute approximate surface area is 198 Å². The SMILES string of the molecule is Cc1cccc(N(CC(=O)Nc2ccc(Cl)cc2)S(=O)(=O)c2cccc3ccccc23)c1C. The average molecular weight is 479 g/mol. The number of carbonyl (C=O) groups is 1. The molecule has 0 aliphatic heterocycles. The Morgan fingerprint density at radius 2 is 1.55 bits per heavy atom. The van der Waals surface area contributed by atoms with Crippen LogP contribution in [0.5, 0.6) is 0 Å². The summed E-state index contributed by atoms with van der Waals surface area (Å²) in [6, 6.07) is 24.5. The summed E-state index contributed by atoms with van der Waals surface area (Å²) in [7, 11) is -4.06. The normalized spacial score (nSPS) is 11.4. The van der Waals surface area contributed by atoms with Crippen LogP contribution in [0.4, 0.5) is 11.4 Å². The standard InChI is InChI=1S/C26H23ClN2O3S/c1-18-7-5-11-24(19(18)2)29(17-26(30)28-22-15-13-21(27)14-16-22)33(31,32)25-12-6-9-20-8-3-4-10-23(20)25/h3-16H,17H2,1-2H3,(H,28,30). The molecule has 0 aliphatic rings. The van der Waals surface area contributed by atoms with E-state index in [1.807, 2.05) is 38.1 Å². The van der Waals surface area contributed by atoms with Crippen molar-refractivity contribution in [2.24, 2.45) is 0 Å². The van der Waals surface area contributed by atoms with Crippen LogP contribution in [-0.4, -0.2) is 20.9 Å². The Bertz CT molecular complexity index is 1430. The Kier molecular flexibility index (Phi) is 6.40. The van der Waals surface area contributed by atoms with Gasteiger partial charge in [0.05, 0.1) is 10.6 Å². The summed E-state index contributed by atoms with van der Waals surface area (Å²) in [6.07, 6.45) is 0. The molecule has 0 radical (unpaired) electrons. The van der Waals surface area contributed by atoms with E-state index >= 15 is 0 Å². The monoisotopic (exact) mass is 478 g/mol. The van der Waals surface area contributed by atoms with Gasteiger partial charge in [0.15, 0.2) is 0 Å². The molecular weight excluding hydrogens is 456 g/mol. The molecule has 0 aromatic heterocycles. The minimum atomic E-state index is -4.06. The summed E-state index contributed by atoms with van der Waals surface area (Å²) < 4.78 is 29.1. The molecule has 0 heterocycles. The lowest BCUT2D eigenvalue weighted by Crippen LogP contribution is -2.38. The molecule has 0 saturated carbocycles. The van der Waals surface area contributed by atoms with Gasteiger partial charge >= 0.3 is 0 Å². The number of amides is 1. The van der Waals surface area contributed by atoms with Crippen molar-refractivity contribution in [1.29, 1.82) is 0 Å². The topological polar surface area (TPSA) is 66.5 Å². The van der Waals surface area contributed by atoms with Crippen LogP contribution in [0, 0.1) is 13.8 Å². The fraction of sp³-hybridized carbons (Fsp3) is 0.115. The first kappa shape index (κ1) is 22.8. The molecule has 4 rings (SSSR count). The first-order valence-electron chi connectivity index (χ1n) is 10.4. The van der Waals surface area contributed by atoms with Gasteiger partial charge in [0.1, 0.15) is 6.54 Å². The fourth-order valence-electron chi connectivity index (χ4n) is 3.71. The van der Waals surface area contributed by atoms with Gasteiger partial charge < -0.3 is 5.32 Å². The number of sulfonamides is 1. The molecule has 0 spiro atoms. The zero-order chi connectivity index (χ0) is 23.6. The summed E-state index contributed by atoms with van der Waals surface area (Å²) in [5, 5.41) is 4.72. The second-order valence-electron chi connectivity index (χ2n) is 7.76. The minimum absolute atomic E-state index is 0.154. The maximum Gasteiger partial charge on any atom is 0.265 e. The number of nitrogens with one attached hydrogen (secondary N) is 1. The van der Waals surface area contributed by atoms with Gasteiger partial charge in [0.25, 0.3) is 10.0 Å². The van der Waals surface area contributed by atoms with Crippen LogP contribution in [0.2, 0.25) is 5.02 Å². The van der Waals surface area contributed by atoms with Gasteiger partial charge in [-0.1, -0.05) is 60.1 Å². The lowest BCUT2D eigenvalue weighted by molar-refractivity contribution is -0.114. The number of nitrogens with zero attached hydrogens (tertiary/aromatic N) is 1. The first-order chi connectivity index (χ1) is 15.8. The third-order valence-electron chi connectivity index (χ3n) is 5.58. The molecule has 0 unspecified atom stereocenters. The van der Waals surface area contributed by atoms with Gasteiger partial charge in [-0.25, -0.2) is 8.42 Å². The highest BCUT2D eigenvalue weighted by Gasteiger charge is 2.30. The zero-order valence-corrected chi connectivity index (χ0v) is 19.8. The molecule has 33 heavy (non-hydrogen) atoms. The number of rotatable bonds is 6. The van der Waals surface area contributed by atoms with Gasteiger partial charge in [0, 0.05) is 16.1 Å². The van der Waals surface area contributed by atoms with E-state index in [0.29, 0.717) is 21.8 Å². The smallest absolute Gasteiger partial charge is 0.265 e. The minimum Gasteiger partial charge on any atom is -0.325 e. The van der Waals surface area contributed by atoms with E-state index < -0.39 is 15.9 Å². The van der Waals surface area contributed by atoms with E-state index in [2.05, 4.69) is 5.32 Å². The maximum absolute atomic E-state index is 14.0. The van der Waals surface area contributed by atoms with Crippen LogP contribution in [0.25, 0.3) is 10.8 Å². The zero-order valence-electron chi connectivity index (χ0n) is 18.2. The molecule has 0 saturated heterocycles. The largest absolute Gasteiger partial charge is 0.325 e. The van der Waals surface area contributed by atoms with Crippen molar-refractivity contribution in [1.82, 2.24) is 0 Å². The van der Waals surface area contributed by atoms with Gasteiger partial charge in [-0.2, -0.15) is 0 Å². The molecule has 0 fully saturated rings. The number of halogens is 1. The third kappa shape index (κ3) is 4.72.